The fourth-order valence-corrected chi connectivity index (χ4v) is 1.87. The fraction of sp³-hybridized carbons (Fsp3) is 0.571. The Labute approximate surface area is 104 Å². The maximum Gasteiger partial charge on any atom is 0.161 e. The second-order valence-electron chi connectivity index (χ2n) is 4.17. The van der Waals surface area contributed by atoms with Crippen LogP contribution in [-0.4, -0.2) is 19.3 Å². The SMILES string of the molecule is CCCC(N)C(CC)Oc1ccccc1OC. The minimum absolute atomic E-state index is 0.0475. The normalized spacial score (nSPS) is 14.1. The predicted molar refractivity (Wildman–Crippen MR) is 70.6 cm³/mol. The van der Waals surface area contributed by atoms with Gasteiger partial charge in [-0.25, -0.2) is 0 Å². The van der Waals surface area contributed by atoms with Gasteiger partial charge in [0, 0.05) is 6.04 Å². The first-order chi connectivity index (χ1) is 8.22. The lowest BCUT2D eigenvalue weighted by Crippen LogP contribution is -2.38. The fourth-order valence-electron chi connectivity index (χ4n) is 1.87. The molecule has 0 aliphatic rings. The van der Waals surface area contributed by atoms with E-state index in [9.17, 15) is 0 Å². The Morgan fingerprint density at radius 3 is 2.35 bits per heavy atom. The molecule has 2 unspecified atom stereocenters. The van der Waals surface area contributed by atoms with Crippen molar-refractivity contribution in [2.45, 2.75) is 45.3 Å². The van der Waals surface area contributed by atoms with Crippen molar-refractivity contribution in [3.05, 3.63) is 24.3 Å². The largest absolute Gasteiger partial charge is 0.493 e. The molecule has 0 saturated carbocycles. The van der Waals surface area contributed by atoms with Crippen molar-refractivity contribution in [1.29, 1.82) is 0 Å². The van der Waals surface area contributed by atoms with Crippen molar-refractivity contribution >= 4 is 0 Å². The number of ether oxygens (including phenoxy) is 2. The Kier molecular flexibility index (Phi) is 5.84. The van der Waals surface area contributed by atoms with Crippen LogP contribution in [0.2, 0.25) is 0 Å². The third-order valence-electron chi connectivity index (χ3n) is 2.85. The number of para-hydroxylation sites is 2. The molecule has 0 aliphatic heterocycles. The minimum Gasteiger partial charge on any atom is -0.493 e. The lowest BCUT2D eigenvalue weighted by Gasteiger charge is -2.24. The predicted octanol–water partition coefficient (Wildman–Crippen LogP) is 2.98. The summed E-state index contributed by atoms with van der Waals surface area (Å²) in [5.74, 6) is 1.53. The second-order valence-corrected chi connectivity index (χ2v) is 4.17. The molecule has 0 aromatic heterocycles. The quantitative estimate of drug-likeness (QED) is 0.793. The van der Waals surface area contributed by atoms with Crippen LogP contribution >= 0.6 is 0 Å². The molecule has 0 heterocycles. The Bertz CT molecular complexity index is 328. The summed E-state index contributed by atoms with van der Waals surface area (Å²) in [5.41, 5.74) is 6.11. The van der Waals surface area contributed by atoms with Gasteiger partial charge in [0.05, 0.1) is 7.11 Å². The van der Waals surface area contributed by atoms with Gasteiger partial charge in [0.1, 0.15) is 6.10 Å². The van der Waals surface area contributed by atoms with E-state index in [0.717, 1.165) is 30.8 Å². The van der Waals surface area contributed by atoms with Gasteiger partial charge < -0.3 is 15.2 Å². The van der Waals surface area contributed by atoms with Gasteiger partial charge >= 0.3 is 0 Å². The first kappa shape index (κ1) is 13.8. The third kappa shape index (κ3) is 3.93. The van der Waals surface area contributed by atoms with Crippen LogP contribution < -0.4 is 15.2 Å². The number of methoxy groups -OCH3 is 1. The molecule has 1 aromatic rings. The van der Waals surface area contributed by atoms with Gasteiger partial charge in [-0.1, -0.05) is 32.4 Å². The molecule has 2 atom stereocenters. The summed E-state index contributed by atoms with van der Waals surface area (Å²) < 4.78 is 11.2. The molecular formula is C14H23NO2. The highest BCUT2D eigenvalue weighted by molar-refractivity contribution is 5.39. The van der Waals surface area contributed by atoms with Crippen molar-refractivity contribution in [2.75, 3.05) is 7.11 Å². The molecule has 1 aromatic carbocycles. The summed E-state index contributed by atoms with van der Waals surface area (Å²) in [5, 5.41) is 0. The molecule has 17 heavy (non-hydrogen) atoms. The van der Waals surface area contributed by atoms with E-state index < -0.39 is 0 Å². The van der Waals surface area contributed by atoms with Crippen molar-refractivity contribution in [2.24, 2.45) is 5.73 Å². The highest BCUT2D eigenvalue weighted by Crippen LogP contribution is 2.28. The van der Waals surface area contributed by atoms with E-state index in [1.165, 1.54) is 0 Å². The highest BCUT2D eigenvalue weighted by atomic mass is 16.5. The monoisotopic (exact) mass is 237 g/mol. The van der Waals surface area contributed by atoms with Gasteiger partial charge in [-0.3, -0.25) is 0 Å². The zero-order chi connectivity index (χ0) is 12.7. The van der Waals surface area contributed by atoms with E-state index in [2.05, 4.69) is 13.8 Å². The van der Waals surface area contributed by atoms with E-state index in [4.69, 9.17) is 15.2 Å². The number of benzene rings is 1. The van der Waals surface area contributed by atoms with Crippen LogP contribution in [-0.2, 0) is 0 Å². The maximum absolute atomic E-state index is 6.11. The average Bonchev–Trinajstić information content (AvgIpc) is 2.36. The van der Waals surface area contributed by atoms with E-state index >= 15 is 0 Å². The smallest absolute Gasteiger partial charge is 0.161 e. The van der Waals surface area contributed by atoms with Crippen LogP contribution in [0.25, 0.3) is 0 Å². The Hall–Kier alpha value is -1.22. The summed E-state index contributed by atoms with van der Waals surface area (Å²) in [6.45, 7) is 4.23. The number of nitrogens with two attached hydrogens (primary N) is 1. The molecule has 2 N–H and O–H groups in total. The number of hydrogen-bond acceptors (Lipinski definition) is 3. The topological polar surface area (TPSA) is 44.5 Å². The number of hydrogen-bond donors (Lipinski definition) is 1. The molecule has 1 rings (SSSR count). The van der Waals surface area contributed by atoms with Gasteiger partial charge in [0.25, 0.3) is 0 Å². The zero-order valence-electron chi connectivity index (χ0n) is 11.0. The maximum atomic E-state index is 6.11. The summed E-state index contributed by atoms with van der Waals surface area (Å²) >= 11 is 0. The molecule has 0 spiro atoms. The third-order valence-corrected chi connectivity index (χ3v) is 2.85. The Morgan fingerprint density at radius 1 is 1.18 bits per heavy atom. The van der Waals surface area contributed by atoms with Crippen molar-refractivity contribution in [1.82, 2.24) is 0 Å². The van der Waals surface area contributed by atoms with Gasteiger partial charge in [-0.15, -0.1) is 0 Å². The van der Waals surface area contributed by atoms with Gasteiger partial charge in [0.15, 0.2) is 11.5 Å². The van der Waals surface area contributed by atoms with Gasteiger partial charge in [-0.2, -0.15) is 0 Å². The van der Waals surface area contributed by atoms with E-state index in [1.54, 1.807) is 7.11 Å². The van der Waals surface area contributed by atoms with Crippen molar-refractivity contribution in [3.8, 4) is 11.5 Å². The standard InChI is InChI=1S/C14H23NO2/c1-4-8-11(15)12(5-2)17-14-10-7-6-9-13(14)16-3/h6-7,9-12H,4-5,8,15H2,1-3H3. The van der Waals surface area contributed by atoms with E-state index in [-0.39, 0.29) is 12.1 Å². The molecule has 0 fully saturated rings. The lowest BCUT2D eigenvalue weighted by atomic mass is 10.0. The number of rotatable bonds is 7. The molecule has 0 saturated heterocycles. The summed E-state index contributed by atoms with van der Waals surface area (Å²) in [4.78, 5) is 0. The first-order valence-corrected chi connectivity index (χ1v) is 6.28. The lowest BCUT2D eigenvalue weighted by molar-refractivity contribution is 0.155. The van der Waals surface area contributed by atoms with Crippen LogP contribution in [0.4, 0.5) is 0 Å². The van der Waals surface area contributed by atoms with Crippen LogP contribution in [0.3, 0.4) is 0 Å². The molecule has 0 bridgehead atoms. The minimum atomic E-state index is 0.0475. The summed E-state index contributed by atoms with van der Waals surface area (Å²) in [6.07, 6.45) is 3.01. The molecular weight excluding hydrogens is 214 g/mol. The zero-order valence-corrected chi connectivity index (χ0v) is 11.0. The molecule has 0 radical (unpaired) electrons. The summed E-state index contributed by atoms with van der Waals surface area (Å²) in [7, 11) is 1.65. The van der Waals surface area contributed by atoms with Crippen molar-refractivity contribution < 1.29 is 9.47 Å². The Morgan fingerprint density at radius 2 is 1.82 bits per heavy atom. The highest BCUT2D eigenvalue weighted by Gasteiger charge is 2.18. The molecule has 96 valence electrons. The van der Waals surface area contributed by atoms with Gasteiger partial charge in [0.2, 0.25) is 0 Å². The van der Waals surface area contributed by atoms with Crippen LogP contribution in [0, 0.1) is 0 Å². The van der Waals surface area contributed by atoms with Crippen molar-refractivity contribution in [3.63, 3.8) is 0 Å². The van der Waals surface area contributed by atoms with Crippen LogP contribution in [0.5, 0.6) is 11.5 Å². The summed E-state index contributed by atoms with van der Waals surface area (Å²) in [6, 6.07) is 7.76. The average molecular weight is 237 g/mol. The molecule has 0 amide bonds. The Balaban J connectivity index is 2.73. The molecule has 3 heteroatoms. The molecule has 3 nitrogen and oxygen atoms in total. The second kappa shape index (κ2) is 7.17. The van der Waals surface area contributed by atoms with E-state index in [0.29, 0.717) is 0 Å². The van der Waals surface area contributed by atoms with E-state index in [1.807, 2.05) is 24.3 Å². The molecule has 0 aliphatic carbocycles. The van der Waals surface area contributed by atoms with Crippen LogP contribution in [0.15, 0.2) is 24.3 Å². The van der Waals surface area contributed by atoms with Gasteiger partial charge in [-0.05, 0) is 25.0 Å². The van der Waals surface area contributed by atoms with Crippen LogP contribution in [0.1, 0.15) is 33.1 Å². The first-order valence-electron chi connectivity index (χ1n) is 6.28.